The molecule has 0 radical (unpaired) electrons. The number of allylic oxidation sites excluding steroid dienone is 3. The average molecular weight is 386 g/mol. The van der Waals surface area contributed by atoms with Gasteiger partial charge in [0.25, 0.3) is 0 Å². The molecule has 0 aromatic carbocycles. The molecule has 2 rings (SSSR count). The van der Waals surface area contributed by atoms with Crippen LogP contribution in [-0.2, 0) is 14.3 Å². The average Bonchev–Trinajstić information content (AvgIpc) is 2.59. The summed E-state index contributed by atoms with van der Waals surface area (Å²) < 4.78 is 10.8. The minimum absolute atomic E-state index is 0.0253. The largest absolute Gasteiger partial charge is 0.394 e. The van der Waals surface area contributed by atoms with Crippen molar-refractivity contribution in [3.63, 3.8) is 0 Å². The van der Waals surface area contributed by atoms with E-state index < -0.39 is 50.0 Å². The molecule has 1 aliphatic heterocycles. The molecule has 5 N–H and O–H groups in total. The summed E-state index contributed by atoms with van der Waals surface area (Å²) in [6.45, 7) is 4.89. The lowest BCUT2D eigenvalue weighted by Gasteiger charge is -2.40. The Kier molecular flexibility index (Phi) is 7.32. The number of carbonyl (C=O) groups excluding carboxylic acids is 1. The van der Waals surface area contributed by atoms with E-state index in [-0.39, 0.29) is 17.1 Å². The zero-order valence-electron chi connectivity index (χ0n) is 15.9. The van der Waals surface area contributed by atoms with E-state index >= 15 is 0 Å². The molecule has 0 aromatic rings. The van der Waals surface area contributed by atoms with Crippen molar-refractivity contribution in [3.05, 3.63) is 23.8 Å². The van der Waals surface area contributed by atoms with Gasteiger partial charge < -0.3 is 35.0 Å². The molecule has 0 aromatic heterocycles. The van der Waals surface area contributed by atoms with Gasteiger partial charge in [-0.2, -0.15) is 0 Å². The Bertz CT molecular complexity index is 582. The predicted octanol–water partition coefficient (Wildman–Crippen LogP) is -0.718. The van der Waals surface area contributed by atoms with Gasteiger partial charge in [0.05, 0.1) is 13.2 Å². The van der Waals surface area contributed by atoms with E-state index in [4.69, 9.17) is 9.47 Å². The summed E-state index contributed by atoms with van der Waals surface area (Å²) in [5.74, 6) is 0.0566. The van der Waals surface area contributed by atoms with Crippen LogP contribution >= 0.6 is 0 Å². The van der Waals surface area contributed by atoms with Gasteiger partial charge in [0.15, 0.2) is 12.1 Å². The standard InChI is InChI=1S/C19H30O8/c1-10-6-11(22)7-19(2,3)13(10)5-4-12(8-20)26-18-17(25)16(24)15(23)14(9-21)27-18/h4-6,12-18,20-21,23-25H,7-9H2,1-3H3/b5-4+/t12?,13-,14-,15-,16+,17-,18-/m1/s1. The van der Waals surface area contributed by atoms with Crippen LogP contribution in [0.25, 0.3) is 0 Å². The first-order chi connectivity index (χ1) is 12.6. The fourth-order valence-electron chi connectivity index (χ4n) is 3.72. The molecule has 7 atom stereocenters. The van der Waals surface area contributed by atoms with Crippen molar-refractivity contribution in [1.82, 2.24) is 0 Å². The Morgan fingerprint density at radius 2 is 1.93 bits per heavy atom. The molecular weight excluding hydrogens is 356 g/mol. The number of hydrogen-bond acceptors (Lipinski definition) is 8. The number of hydrogen-bond donors (Lipinski definition) is 5. The molecule has 1 unspecified atom stereocenters. The molecule has 8 heteroatoms. The maximum atomic E-state index is 11.8. The number of carbonyl (C=O) groups is 1. The van der Waals surface area contributed by atoms with E-state index in [0.29, 0.717) is 6.42 Å². The maximum absolute atomic E-state index is 11.8. The Morgan fingerprint density at radius 3 is 2.48 bits per heavy atom. The summed E-state index contributed by atoms with van der Waals surface area (Å²) in [7, 11) is 0. The van der Waals surface area contributed by atoms with Crippen molar-refractivity contribution < 1.29 is 39.8 Å². The van der Waals surface area contributed by atoms with Gasteiger partial charge in [-0.15, -0.1) is 0 Å². The third kappa shape index (κ3) is 5.03. The molecule has 1 saturated heterocycles. The van der Waals surface area contributed by atoms with Gasteiger partial charge in [-0.1, -0.05) is 31.6 Å². The zero-order valence-corrected chi connectivity index (χ0v) is 15.9. The lowest BCUT2D eigenvalue weighted by molar-refractivity contribution is -0.309. The first kappa shape index (κ1) is 22.2. The van der Waals surface area contributed by atoms with Crippen LogP contribution in [0.1, 0.15) is 27.2 Å². The highest BCUT2D eigenvalue weighted by molar-refractivity contribution is 5.92. The van der Waals surface area contributed by atoms with Gasteiger partial charge in [0, 0.05) is 12.3 Å². The molecule has 0 spiro atoms. The second-order valence-corrected chi connectivity index (χ2v) is 7.94. The molecule has 2 aliphatic rings. The van der Waals surface area contributed by atoms with Gasteiger partial charge in [-0.3, -0.25) is 4.79 Å². The Hall–Kier alpha value is -1.13. The molecule has 0 saturated carbocycles. The predicted molar refractivity (Wildman–Crippen MR) is 95.5 cm³/mol. The maximum Gasteiger partial charge on any atom is 0.187 e. The van der Waals surface area contributed by atoms with Crippen molar-refractivity contribution in [3.8, 4) is 0 Å². The van der Waals surface area contributed by atoms with E-state index in [1.807, 2.05) is 26.8 Å². The van der Waals surface area contributed by atoms with Gasteiger partial charge >= 0.3 is 0 Å². The topological polar surface area (TPSA) is 137 Å². The minimum atomic E-state index is -1.54. The number of ketones is 1. The fraction of sp³-hybridized carbons (Fsp3) is 0.737. The second-order valence-electron chi connectivity index (χ2n) is 7.94. The molecule has 0 amide bonds. The van der Waals surface area contributed by atoms with Crippen LogP contribution in [0.3, 0.4) is 0 Å². The van der Waals surface area contributed by atoms with Crippen LogP contribution in [0.2, 0.25) is 0 Å². The van der Waals surface area contributed by atoms with E-state index in [1.165, 1.54) is 0 Å². The molecule has 154 valence electrons. The molecule has 1 heterocycles. The van der Waals surface area contributed by atoms with Crippen LogP contribution in [0, 0.1) is 11.3 Å². The Balaban J connectivity index is 2.10. The van der Waals surface area contributed by atoms with Crippen molar-refractivity contribution >= 4 is 5.78 Å². The first-order valence-corrected chi connectivity index (χ1v) is 9.07. The van der Waals surface area contributed by atoms with Crippen LogP contribution in [-0.4, -0.2) is 81.3 Å². The number of aliphatic hydroxyl groups excluding tert-OH is 5. The van der Waals surface area contributed by atoms with Crippen molar-refractivity contribution in [2.24, 2.45) is 11.3 Å². The van der Waals surface area contributed by atoms with Crippen molar-refractivity contribution in [2.45, 2.75) is 64.0 Å². The van der Waals surface area contributed by atoms with Gasteiger partial charge in [0.2, 0.25) is 0 Å². The van der Waals surface area contributed by atoms with Crippen molar-refractivity contribution in [1.29, 1.82) is 0 Å². The zero-order chi connectivity index (χ0) is 20.4. The van der Waals surface area contributed by atoms with Crippen LogP contribution < -0.4 is 0 Å². The van der Waals surface area contributed by atoms with Gasteiger partial charge in [-0.05, 0) is 18.4 Å². The summed E-state index contributed by atoms with van der Waals surface area (Å²) in [4.78, 5) is 11.8. The summed E-state index contributed by atoms with van der Waals surface area (Å²) in [5.41, 5.74) is 0.632. The van der Waals surface area contributed by atoms with Crippen LogP contribution in [0.15, 0.2) is 23.8 Å². The van der Waals surface area contributed by atoms with Crippen LogP contribution in [0.4, 0.5) is 0 Å². The SMILES string of the molecule is CC1=CC(=O)CC(C)(C)[C@@H]1/C=C/C(CO)O[C@@H]1O[C@H](CO)[C@@H](O)[C@H](O)[C@H]1O. The third-order valence-corrected chi connectivity index (χ3v) is 5.21. The lowest BCUT2D eigenvalue weighted by atomic mass is 9.68. The minimum Gasteiger partial charge on any atom is -0.394 e. The second kappa shape index (κ2) is 8.91. The fourth-order valence-corrected chi connectivity index (χ4v) is 3.72. The molecule has 27 heavy (non-hydrogen) atoms. The number of rotatable bonds is 6. The molecular formula is C19H30O8. The molecule has 8 nitrogen and oxygen atoms in total. The van der Waals surface area contributed by atoms with Gasteiger partial charge in [-0.25, -0.2) is 0 Å². The number of ether oxygens (including phenoxy) is 2. The molecule has 1 fully saturated rings. The highest BCUT2D eigenvalue weighted by Crippen LogP contribution is 2.40. The quantitative estimate of drug-likeness (QED) is 0.377. The summed E-state index contributed by atoms with van der Waals surface area (Å²) in [6.07, 6.45) is -2.28. The normalized spacial score (nSPS) is 38.1. The summed E-state index contributed by atoms with van der Waals surface area (Å²) >= 11 is 0. The Labute approximate surface area is 158 Å². The van der Waals surface area contributed by atoms with Crippen molar-refractivity contribution in [2.75, 3.05) is 13.2 Å². The smallest absolute Gasteiger partial charge is 0.187 e. The molecule has 1 aliphatic carbocycles. The highest BCUT2D eigenvalue weighted by Gasteiger charge is 2.44. The van der Waals surface area contributed by atoms with E-state index in [2.05, 4.69) is 0 Å². The highest BCUT2D eigenvalue weighted by atomic mass is 16.7. The van der Waals surface area contributed by atoms with E-state index in [0.717, 1.165) is 5.57 Å². The molecule has 0 bridgehead atoms. The third-order valence-electron chi connectivity index (χ3n) is 5.21. The number of aliphatic hydroxyl groups is 5. The monoisotopic (exact) mass is 386 g/mol. The van der Waals surface area contributed by atoms with Gasteiger partial charge in [0.1, 0.15) is 30.5 Å². The Morgan fingerprint density at radius 1 is 1.26 bits per heavy atom. The summed E-state index contributed by atoms with van der Waals surface area (Å²) in [6, 6.07) is 0. The first-order valence-electron chi connectivity index (χ1n) is 9.07. The van der Waals surface area contributed by atoms with E-state index in [1.54, 1.807) is 12.2 Å². The lowest BCUT2D eigenvalue weighted by Crippen LogP contribution is -2.59. The van der Waals surface area contributed by atoms with Crippen LogP contribution in [0.5, 0.6) is 0 Å². The summed E-state index contributed by atoms with van der Waals surface area (Å²) in [5, 5.41) is 48.5. The van der Waals surface area contributed by atoms with E-state index in [9.17, 15) is 30.3 Å².